The van der Waals surface area contributed by atoms with E-state index in [1.54, 1.807) is 24.3 Å². The number of H-pyrrole nitrogens is 1. The van der Waals surface area contributed by atoms with Crippen LogP contribution in [-0.4, -0.2) is 30.0 Å². The Balaban J connectivity index is 1.82. The summed E-state index contributed by atoms with van der Waals surface area (Å²) < 4.78 is 4.85. The number of rotatable bonds is 5. The minimum Gasteiger partial charge on any atom is -0.467 e. The molecule has 1 amide bonds. The first kappa shape index (κ1) is 15.8. The highest BCUT2D eigenvalue weighted by Crippen LogP contribution is 2.19. The molecule has 122 valence electrons. The summed E-state index contributed by atoms with van der Waals surface area (Å²) in [5.74, 6) is -0.768. The molecule has 0 bridgehead atoms. The summed E-state index contributed by atoms with van der Waals surface area (Å²) in [5.41, 5.74) is 2.45. The third kappa shape index (κ3) is 3.30. The van der Waals surface area contributed by atoms with Gasteiger partial charge in [0.1, 0.15) is 6.04 Å². The minimum atomic E-state index is -0.748. The first-order valence-electron chi connectivity index (χ1n) is 7.68. The van der Waals surface area contributed by atoms with Gasteiger partial charge in [0.2, 0.25) is 0 Å². The number of carbonyl (C=O) groups is 2. The molecule has 0 aliphatic heterocycles. The molecule has 0 aliphatic rings. The third-order valence-electron chi connectivity index (χ3n) is 3.93. The van der Waals surface area contributed by atoms with Gasteiger partial charge in [0.25, 0.3) is 5.91 Å². The van der Waals surface area contributed by atoms with Crippen LogP contribution in [0, 0.1) is 0 Å². The van der Waals surface area contributed by atoms with E-state index in [1.807, 2.05) is 36.5 Å². The number of carbonyl (C=O) groups excluding carboxylic acids is 2. The number of para-hydroxylation sites is 1. The number of aromatic nitrogens is 1. The van der Waals surface area contributed by atoms with Crippen molar-refractivity contribution in [2.45, 2.75) is 12.5 Å². The van der Waals surface area contributed by atoms with Gasteiger partial charge in [-0.15, -0.1) is 0 Å². The molecule has 5 nitrogen and oxygen atoms in total. The fraction of sp³-hybridized carbons (Fsp3) is 0.158. The van der Waals surface area contributed by atoms with Crippen LogP contribution in [0.5, 0.6) is 0 Å². The quantitative estimate of drug-likeness (QED) is 0.710. The molecule has 24 heavy (non-hydrogen) atoms. The predicted molar refractivity (Wildman–Crippen MR) is 91.7 cm³/mol. The molecule has 3 rings (SSSR count). The summed E-state index contributed by atoms with van der Waals surface area (Å²) >= 11 is 0. The summed E-state index contributed by atoms with van der Waals surface area (Å²) in [7, 11) is 1.32. The number of benzene rings is 2. The lowest BCUT2D eigenvalue weighted by Crippen LogP contribution is -2.43. The molecule has 0 unspecified atom stereocenters. The summed E-state index contributed by atoms with van der Waals surface area (Å²) in [6.45, 7) is 0. The normalized spacial score (nSPS) is 11.9. The van der Waals surface area contributed by atoms with Crippen molar-refractivity contribution in [3.63, 3.8) is 0 Å². The molecule has 0 saturated carbocycles. The van der Waals surface area contributed by atoms with Crippen LogP contribution in [0.1, 0.15) is 15.9 Å². The van der Waals surface area contributed by atoms with Crippen LogP contribution in [0.15, 0.2) is 60.8 Å². The monoisotopic (exact) mass is 322 g/mol. The van der Waals surface area contributed by atoms with Crippen molar-refractivity contribution >= 4 is 22.8 Å². The fourth-order valence-electron chi connectivity index (χ4n) is 2.69. The van der Waals surface area contributed by atoms with Crippen LogP contribution >= 0.6 is 0 Å². The van der Waals surface area contributed by atoms with E-state index in [2.05, 4.69) is 10.3 Å². The van der Waals surface area contributed by atoms with Crippen LogP contribution in [-0.2, 0) is 16.0 Å². The zero-order valence-corrected chi connectivity index (χ0v) is 13.3. The van der Waals surface area contributed by atoms with Gasteiger partial charge in [-0.3, -0.25) is 4.79 Å². The molecule has 2 aromatic carbocycles. The largest absolute Gasteiger partial charge is 0.467 e. The molecule has 0 aliphatic carbocycles. The lowest BCUT2D eigenvalue weighted by atomic mass is 10.0. The second-order valence-corrected chi connectivity index (χ2v) is 5.48. The van der Waals surface area contributed by atoms with E-state index >= 15 is 0 Å². The molecule has 1 heterocycles. The Kier molecular flexibility index (Phi) is 4.61. The number of nitrogens with one attached hydrogen (secondary N) is 2. The highest BCUT2D eigenvalue weighted by atomic mass is 16.5. The smallest absolute Gasteiger partial charge is 0.328 e. The molecule has 0 saturated heterocycles. The standard InChI is InChI=1S/C19H18N2O3/c1-24-19(23)17(21-18(22)13-7-3-2-4-8-13)11-14-12-20-16-10-6-5-9-15(14)16/h2-10,12,17,20H,11H2,1H3,(H,21,22)/t17-/m1/s1. The molecule has 1 atom stereocenters. The van der Waals surface area contributed by atoms with Gasteiger partial charge < -0.3 is 15.0 Å². The molecular formula is C19H18N2O3. The molecular weight excluding hydrogens is 304 g/mol. The van der Waals surface area contributed by atoms with E-state index in [1.165, 1.54) is 7.11 Å². The first-order chi connectivity index (χ1) is 11.7. The molecule has 0 fully saturated rings. The topological polar surface area (TPSA) is 71.2 Å². The van der Waals surface area contributed by atoms with Gasteiger partial charge in [-0.05, 0) is 23.8 Å². The summed E-state index contributed by atoms with van der Waals surface area (Å²) in [4.78, 5) is 27.6. The van der Waals surface area contributed by atoms with E-state index in [0.717, 1.165) is 16.5 Å². The van der Waals surface area contributed by atoms with Gasteiger partial charge in [0.05, 0.1) is 7.11 Å². The average molecular weight is 322 g/mol. The van der Waals surface area contributed by atoms with Crippen LogP contribution in [0.3, 0.4) is 0 Å². The fourth-order valence-corrected chi connectivity index (χ4v) is 2.69. The SMILES string of the molecule is COC(=O)[C@@H](Cc1c[nH]c2ccccc12)NC(=O)c1ccccc1. The summed E-state index contributed by atoms with van der Waals surface area (Å²) in [5, 5.41) is 3.79. The second-order valence-electron chi connectivity index (χ2n) is 5.48. The molecule has 1 aromatic heterocycles. The minimum absolute atomic E-state index is 0.300. The number of hydrogen-bond donors (Lipinski definition) is 2. The average Bonchev–Trinajstić information content (AvgIpc) is 3.04. The van der Waals surface area contributed by atoms with Gasteiger partial charge in [-0.2, -0.15) is 0 Å². The van der Waals surface area contributed by atoms with Crippen molar-refractivity contribution < 1.29 is 14.3 Å². The van der Waals surface area contributed by atoms with E-state index in [4.69, 9.17) is 4.74 Å². The highest BCUT2D eigenvalue weighted by Gasteiger charge is 2.23. The van der Waals surface area contributed by atoms with Crippen molar-refractivity contribution in [1.29, 1.82) is 0 Å². The Bertz CT molecular complexity index is 855. The Morgan fingerprint density at radius 3 is 2.54 bits per heavy atom. The number of ether oxygens (including phenoxy) is 1. The molecule has 0 radical (unpaired) electrons. The first-order valence-corrected chi connectivity index (χ1v) is 7.68. The summed E-state index contributed by atoms with van der Waals surface area (Å²) in [6.07, 6.45) is 2.21. The maximum atomic E-state index is 12.3. The number of fused-ring (bicyclic) bond motifs is 1. The Labute approximate surface area is 139 Å². The molecule has 2 N–H and O–H groups in total. The van der Waals surface area contributed by atoms with Gasteiger partial charge in [0, 0.05) is 29.1 Å². The van der Waals surface area contributed by atoms with Crippen molar-refractivity contribution in [1.82, 2.24) is 10.3 Å². The zero-order valence-electron chi connectivity index (χ0n) is 13.3. The summed E-state index contributed by atoms with van der Waals surface area (Å²) in [6, 6.07) is 15.9. The zero-order chi connectivity index (χ0) is 16.9. The van der Waals surface area contributed by atoms with Crippen molar-refractivity contribution in [3.05, 3.63) is 71.9 Å². The van der Waals surface area contributed by atoms with Crippen LogP contribution in [0.2, 0.25) is 0 Å². The van der Waals surface area contributed by atoms with E-state index < -0.39 is 12.0 Å². The van der Waals surface area contributed by atoms with Crippen LogP contribution in [0.25, 0.3) is 10.9 Å². The van der Waals surface area contributed by atoms with E-state index in [-0.39, 0.29) is 5.91 Å². The van der Waals surface area contributed by atoms with E-state index in [0.29, 0.717) is 12.0 Å². The van der Waals surface area contributed by atoms with Crippen molar-refractivity contribution in [2.24, 2.45) is 0 Å². The highest BCUT2D eigenvalue weighted by molar-refractivity contribution is 5.97. The number of amides is 1. The van der Waals surface area contributed by atoms with Gasteiger partial charge in [-0.1, -0.05) is 36.4 Å². The predicted octanol–water partition coefficient (Wildman–Crippen LogP) is 2.68. The molecule has 3 aromatic rings. The van der Waals surface area contributed by atoms with Crippen LogP contribution in [0.4, 0.5) is 0 Å². The Morgan fingerprint density at radius 2 is 1.79 bits per heavy atom. The van der Waals surface area contributed by atoms with Crippen molar-refractivity contribution in [3.8, 4) is 0 Å². The van der Waals surface area contributed by atoms with Gasteiger partial charge in [-0.25, -0.2) is 4.79 Å². The maximum absolute atomic E-state index is 12.3. The lowest BCUT2D eigenvalue weighted by Gasteiger charge is -2.16. The lowest BCUT2D eigenvalue weighted by molar-refractivity contribution is -0.142. The molecule has 0 spiro atoms. The van der Waals surface area contributed by atoms with Gasteiger partial charge in [0.15, 0.2) is 0 Å². The number of methoxy groups -OCH3 is 1. The van der Waals surface area contributed by atoms with Gasteiger partial charge >= 0.3 is 5.97 Å². The number of aromatic amines is 1. The van der Waals surface area contributed by atoms with Crippen molar-refractivity contribution in [2.75, 3.05) is 7.11 Å². The molecule has 5 heteroatoms. The maximum Gasteiger partial charge on any atom is 0.328 e. The third-order valence-corrected chi connectivity index (χ3v) is 3.93. The van der Waals surface area contributed by atoms with Crippen LogP contribution < -0.4 is 5.32 Å². The number of esters is 1. The Hall–Kier alpha value is -3.08. The van der Waals surface area contributed by atoms with E-state index in [9.17, 15) is 9.59 Å². The number of hydrogen-bond acceptors (Lipinski definition) is 3. The second kappa shape index (κ2) is 7.00. The Morgan fingerprint density at radius 1 is 1.08 bits per heavy atom.